The molecule has 3 N–H and O–H groups in total. The standard InChI is InChI=1S/C19H22N2O2.C4H4O4/c1-11(2)21-10-12-8-17-15(7-13(19(22)23)9-20(17)3)14-5-4-6-16(21)18(12)14;5-3(6)1-2-4(7)8/h4-7,10-11,13,17H,8-9H2,1-3H3,(H,22,23);1-2H,(H,5,6)(H,7,8)/b;2-1-/t13-,17-;/m1./s1. The van der Waals surface area contributed by atoms with E-state index in [9.17, 15) is 19.5 Å². The summed E-state index contributed by atoms with van der Waals surface area (Å²) in [4.78, 5) is 32.8. The number of hydrogen-bond acceptors (Lipinski definition) is 4. The fourth-order valence-corrected chi connectivity index (χ4v) is 4.31. The Morgan fingerprint density at radius 3 is 2.29 bits per heavy atom. The summed E-state index contributed by atoms with van der Waals surface area (Å²) >= 11 is 0. The van der Waals surface area contributed by atoms with Crippen molar-refractivity contribution in [2.75, 3.05) is 13.6 Å². The molecule has 164 valence electrons. The number of carboxylic acids is 3. The molecule has 2 aliphatic rings. The maximum atomic E-state index is 11.5. The lowest BCUT2D eigenvalue weighted by atomic mass is 9.80. The molecule has 0 bridgehead atoms. The molecular weight excluding hydrogens is 400 g/mol. The second kappa shape index (κ2) is 8.77. The average molecular weight is 426 g/mol. The van der Waals surface area contributed by atoms with Crippen LogP contribution in [-0.2, 0) is 20.8 Å². The molecule has 2 heterocycles. The Bertz CT molecular complexity index is 1080. The number of fused-ring (bicyclic) bond motifs is 2. The highest BCUT2D eigenvalue weighted by atomic mass is 16.4. The number of carboxylic acid groups (broad SMARTS) is 3. The molecule has 1 aliphatic heterocycles. The van der Waals surface area contributed by atoms with Gasteiger partial charge < -0.3 is 19.9 Å². The number of aliphatic carboxylic acids is 3. The SMILES string of the molecule is CC(C)n1cc2c3c(cccc31)C1=C[C@@H](C(=O)O)CN(C)[C@@H]1C2.O=C(O)/C=C\C(=O)O. The highest BCUT2D eigenvalue weighted by molar-refractivity contribution is 5.99. The molecule has 0 radical (unpaired) electrons. The van der Waals surface area contributed by atoms with Crippen molar-refractivity contribution in [3.8, 4) is 0 Å². The second-order valence-corrected chi connectivity index (χ2v) is 8.09. The molecule has 0 amide bonds. The van der Waals surface area contributed by atoms with E-state index in [1.807, 2.05) is 13.1 Å². The van der Waals surface area contributed by atoms with E-state index in [0.29, 0.717) is 24.7 Å². The van der Waals surface area contributed by atoms with E-state index >= 15 is 0 Å². The molecule has 1 aromatic carbocycles. The summed E-state index contributed by atoms with van der Waals surface area (Å²) in [6, 6.07) is 7.11. The highest BCUT2D eigenvalue weighted by Gasteiger charge is 2.36. The third kappa shape index (κ3) is 4.54. The van der Waals surface area contributed by atoms with Gasteiger partial charge in [0.25, 0.3) is 0 Å². The van der Waals surface area contributed by atoms with Crippen molar-refractivity contribution in [2.24, 2.45) is 5.92 Å². The Hall–Kier alpha value is -3.39. The van der Waals surface area contributed by atoms with E-state index in [2.05, 4.69) is 47.7 Å². The summed E-state index contributed by atoms with van der Waals surface area (Å²) in [5, 5.41) is 26.4. The number of nitrogens with zero attached hydrogens (tertiary/aromatic N) is 2. The van der Waals surface area contributed by atoms with Gasteiger partial charge >= 0.3 is 17.9 Å². The van der Waals surface area contributed by atoms with Gasteiger partial charge in [0.15, 0.2) is 0 Å². The fraction of sp³-hybridized carbons (Fsp3) is 0.348. The molecule has 0 saturated carbocycles. The van der Waals surface area contributed by atoms with Gasteiger partial charge in [-0.05, 0) is 50.1 Å². The van der Waals surface area contributed by atoms with Crippen molar-refractivity contribution in [1.82, 2.24) is 9.47 Å². The first-order valence-corrected chi connectivity index (χ1v) is 10.0. The van der Waals surface area contributed by atoms with Crippen molar-refractivity contribution in [3.05, 3.63) is 53.8 Å². The zero-order valence-corrected chi connectivity index (χ0v) is 17.6. The van der Waals surface area contributed by atoms with Gasteiger partial charge in [0.05, 0.1) is 5.92 Å². The van der Waals surface area contributed by atoms with Gasteiger partial charge in [-0.3, -0.25) is 9.69 Å². The van der Waals surface area contributed by atoms with Crippen molar-refractivity contribution in [3.63, 3.8) is 0 Å². The van der Waals surface area contributed by atoms with Gasteiger partial charge in [0.1, 0.15) is 0 Å². The third-order valence-corrected chi connectivity index (χ3v) is 5.66. The van der Waals surface area contributed by atoms with Crippen LogP contribution in [0.1, 0.15) is 31.0 Å². The third-order valence-electron chi connectivity index (χ3n) is 5.66. The van der Waals surface area contributed by atoms with E-state index < -0.39 is 23.8 Å². The Morgan fingerprint density at radius 1 is 1.10 bits per heavy atom. The van der Waals surface area contributed by atoms with Crippen LogP contribution in [0.3, 0.4) is 0 Å². The van der Waals surface area contributed by atoms with Crippen LogP contribution in [-0.4, -0.2) is 62.3 Å². The van der Waals surface area contributed by atoms with Gasteiger partial charge in [-0.25, -0.2) is 9.59 Å². The lowest BCUT2D eigenvalue weighted by molar-refractivity contribution is -0.141. The first kappa shape index (κ1) is 22.3. The van der Waals surface area contributed by atoms with Crippen molar-refractivity contribution in [2.45, 2.75) is 32.4 Å². The zero-order valence-electron chi connectivity index (χ0n) is 17.6. The minimum atomic E-state index is -1.26. The molecule has 0 fully saturated rings. The van der Waals surface area contributed by atoms with Gasteiger partial charge in [0.2, 0.25) is 0 Å². The predicted octanol–water partition coefficient (Wildman–Crippen LogP) is 2.89. The van der Waals surface area contributed by atoms with Gasteiger partial charge in [-0.15, -0.1) is 0 Å². The van der Waals surface area contributed by atoms with Gasteiger partial charge in [-0.2, -0.15) is 0 Å². The first-order valence-electron chi connectivity index (χ1n) is 10.0. The van der Waals surface area contributed by atoms with Crippen LogP contribution in [0.2, 0.25) is 0 Å². The maximum absolute atomic E-state index is 11.5. The van der Waals surface area contributed by atoms with Crippen LogP contribution in [0.4, 0.5) is 0 Å². The van der Waals surface area contributed by atoms with Crippen LogP contribution in [0.5, 0.6) is 0 Å². The van der Waals surface area contributed by atoms with Crippen LogP contribution in [0, 0.1) is 5.92 Å². The molecule has 0 unspecified atom stereocenters. The molecule has 0 saturated heterocycles. The smallest absolute Gasteiger partial charge is 0.328 e. The fourth-order valence-electron chi connectivity index (χ4n) is 4.31. The topological polar surface area (TPSA) is 120 Å². The van der Waals surface area contributed by atoms with E-state index in [4.69, 9.17) is 10.2 Å². The molecule has 1 aliphatic carbocycles. The van der Waals surface area contributed by atoms with Crippen LogP contribution in [0.25, 0.3) is 16.5 Å². The molecule has 2 aromatic rings. The summed E-state index contributed by atoms with van der Waals surface area (Å²) in [7, 11) is 2.04. The molecular formula is C23H26N2O6. The average Bonchev–Trinajstić information content (AvgIpc) is 3.08. The number of aromatic nitrogens is 1. The van der Waals surface area contributed by atoms with E-state index in [1.54, 1.807) is 0 Å². The largest absolute Gasteiger partial charge is 0.481 e. The van der Waals surface area contributed by atoms with Gasteiger partial charge in [-0.1, -0.05) is 18.2 Å². The Labute approximate surface area is 179 Å². The minimum Gasteiger partial charge on any atom is -0.481 e. The normalized spacial score (nSPS) is 20.2. The van der Waals surface area contributed by atoms with Crippen LogP contribution in [0.15, 0.2) is 42.6 Å². The lowest BCUT2D eigenvalue weighted by Crippen LogP contribution is -2.44. The van der Waals surface area contributed by atoms with Gasteiger partial charge in [0, 0.05) is 47.9 Å². The Morgan fingerprint density at radius 2 is 1.74 bits per heavy atom. The van der Waals surface area contributed by atoms with Crippen molar-refractivity contribution >= 4 is 34.4 Å². The van der Waals surface area contributed by atoms with E-state index in [0.717, 1.165) is 6.42 Å². The summed E-state index contributed by atoms with van der Waals surface area (Å²) < 4.78 is 2.33. The Balaban J connectivity index is 0.000000293. The summed E-state index contributed by atoms with van der Waals surface area (Å²) in [5.41, 5.74) is 5.04. The first-order chi connectivity index (χ1) is 14.6. The monoisotopic (exact) mass is 426 g/mol. The predicted molar refractivity (Wildman–Crippen MR) is 116 cm³/mol. The van der Waals surface area contributed by atoms with E-state index in [1.165, 1.54) is 27.6 Å². The molecule has 2 atom stereocenters. The number of rotatable bonds is 4. The van der Waals surface area contributed by atoms with Crippen LogP contribution >= 0.6 is 0 Å². The Kier molecular flexibility index (Phi) is 6.31. The number of carbonyl (C=O) groups is 3. The number of likely N-dealkylation sites (N-methyl/N-ethyl adjacent to an activating group) is 1. The molecule has 4 rings (SSSR count). The summed E-state index contributed by atoms with van der Waals surface area (Å²) in [6.45, 7) is 4.99. The summed E-state index contributed by atoms with van der Waals surface area (Å²) in [5.74, 6) is -3.67. The second-order valence-electron chi connectivity index (χ2n) is 8.09. The summed E-state index contributed by atoms with van der Waals surface area (Å²) in [6.07, 6.45) is 6.34. The molecule has 31 heavy (non-hydrogen) atoms. The minimum absolute atomic E-state index is 0.284. The quantitative estimate of drug-likeness (QED) is 0.643. The van der Waals surface area contributed by atoms with Crippen LogP contribution < -0.4 is 0 Å². The van der Waals surface area contributed by atoms with Crippen molar-refractivity contribution < 1.29 is 29.7 Å². The molecule has 0 spiro atoms. The maximum Gasteiger partial charge on any atom is 0.328 e. The molecule has 1 aromatic heterocycles. The lowest BCUT2D eigenvalue weighted by Gasteiger charge is -2.38. The number of benzene rings is 1. The van der Waals surface area contributed by atoms with Crippen molar-refractivity contribution in [1.29, 1.82) is 0 Å². The zero-order chi connectivity index (χ0) is 22.9. The van der Waals surface area contributed by atoms with E-state index in [-0.39, 0.29) is 6.04 Å². The molecule has 8 nitrogen and oxygen atoms in total. The highest BCUT2D eigenvalue weighted by Crippen LogP contribution is 2.42. The number of hydrogen-bond donors (Lipinski definition) is 3. The molecule has 8 heteroatoms.